The molecule has 0 aromatic rings. The molecule has 1 nitrogen and oxygen atoms in total. The fourth-order valence-electron chi connectivity index (χ4n) is 4.08. The third kappa shape index (κ3) is 3.90. The second-order valence-corrected chi connectivity index (χ2v) is 6.58. The number of nitrogens with zero attached hydrogens (tertiary/aromatic N) is 1. The Morgan fingerprint density at radius 2 is 1.39 bits per heavy atom. The van der Waals surface area contributed by atoms with Crippen LogP contribution in [0.4, 0.5) is 0 Å². The number of thiocarbonyl (C=S) groups is 1. The monoisotopic (exact) mass is 265 g/mol. The Bertz CT molecular complexity index is 279. The minimum absolute atomic E-state index is 0.795. The van der Waals surface area contributed by atoms with Crippen LogP contribution in [0, 0.1) is 23.7 Å². The molecule has 2 saturated carbocycles. The number of aliphatic imine (C=N–C) groups is 1. The Morgan fingerprint density at radius 3 is 1.83 bits per heavy atom. The van der Waals surface area contributed by atoms with Crippen molar-refractivity contribution in [1.82, 2.24) is 0 Å². The second kappa shape index (κ2) is 7.40. The van der Waals surface area contributed by atoms with Crippen LogP contribution in [0.15, 0.2) is 4.99 Å². The fraction of sp³-hybridized carbons (Fsp3) is 0.938. The van der Waals surface area contributed by atoms with Crippen molar-refractivity contribution in [2.75, 3.05) is 6.54 Å². The van der Waals surface area contributed by atoms with Gasteiger partial charge in [-0.2, -0.15) is 0 Å². The predicted molar refractivity (Wildman–Crippen MR) is 81.1 cm³/mol. The van der Waals surface area contributed by atoms with Gasteiger partial charge >= 0.3 is 0 Å². The first-order valence-corrected chi connectivity index (χ1v) is 8.28. The van der Waals surface area contributed by atoms with E-state index < -0.39 is 0 Å². The highest BCUT2D eigenvalue weighted by molar-refractivity contribution is 7.78. The summed E-state index contributed by atoms with van der Waals surface area (Å²) < 4.78 is 0. The van der Waals surface area contributed by atoms with Crippen LogP contribution in [0.1, 0.15) is 64.7 Å². The Hall–Kier alpha value is -0.200. The van der Waals surface area contributed by atoms with Crippen LogP contribution >= 0.6 is 12.2 Å². The maximum Gasteiger partial charge on any atom is 0.0585 e. The summed E-state index contributed by atoms with van der Waals surface area (Å²) in [5, 5.41) is 2.51. The molecular formula is C16H27NS. The fourth-order valence-corrected chi connectivity index (χ4v) is 4.15. The number of isothiocyanates is 1. The number of rotatable bonds is 4. The van der Waals surface area contributed by atoms with Gasteiger partial charge in [0.2, 0.25) is 0 Å². The lowest BCUT2D eigenvalue weighted by Crippen LogP contribution is -2.26. The standard InChI is InChI=1S/C16H27NS/c1-2-13-3-7-15(8-4-13)16-9-5-14(6-10-16)11-17-12-18/h13-16H,2-11H2,1H3. The highest BCUT2D eigenvalue weighted by Crippen LogP contribution is 2.41. The molecule has 102 valence electrons. The molecule has 0 radical (unpaired) electrons. The van der Waals surface area contributed by atoms with Gasteiger partial charge in [-0.15, -0.1) is 0 Å². The molecule has 0 unspecified atom stereocenters. The van der Waals surface area contributed by atoms with Crippen LogP contribution in [0.2, 0.25) is 0 Å². The smallest absolute Gasteiger partial charge is 0.0585 e. The van der Waals surface area contributed by atoms with Gasteiger partial charge in [0, 0.05) is 0 Å². The zero-order valence-corrected chi connectivity index (χ0v) is 12.6. The van der Waals surface area contributed by atoms with E-state index in [1.165, 1.54) is 57.8 Å². The molecule has 18 heavy (non-hydrogen) atoms. The summed E-state index contributed by atoms with van der Waals surface area (Å²) in [5.74, 6) is 3.90. The quantitative estimate of drug-likeness (QED) is 0.508. The first-order valence-electron chi connectivity index (χ1n) is 7.87. The largest absolute Gasteiger partial charge is 0.232 e. The third-order valence-corrected chi connectivity index (χ3v) is 5.57. The summed E-state index contributed by atoms with van der Waals surface area (Å²) in [6, 6.07) is 0. The topological polar surface area (TPSA) is 12.4 Å². The van der Waals surface area contributed by atoms with Crippen LogP contribution in [0.5, 0.6) is 0 Å². The van der Waals surface area contributed by atoms with Crippen molar-refractivity contribution in [2.24, 2.45) is 28.7 Å². The summed E-state index contributed by atoms with van der Waals surface area (Å²) in [5.41, 5.74) is 0. The van der Waals surface area contributed by atoms with Crippen LogP contribution in [-0.4, -0.2) is 11.7 Å². The Kier molecular flexibility index (Phi) is 5.85. The van der Waals surface area contributed by atoms with E-state index in [1.54, 1.807) is 0 Å². The molecule has 2 aliphatic carbocycles. The second-order valence-electron chi connectivity index (χ2n) is 6.40. The van der Waals surface area contributed by atoms with Crippen molar-refractivity contribution in [3.05, 3.63) is 0 Å². The van der Waals surface area contributed by atoms with Gasteiger partial charge in [-0.1, -0.05) is 26.2 Å². The van der Waals surface area contributed by atoms with Crippen LogP contribution in [0.3, 0.4) is 0 Å². The van der Waals surface area contributed by atoms with Crippen molar-refractivity contribution in [2.45, 2.75) is 64.7 Å². The van der Waals surface area contributed by atoms with E-state index in [0.717, 1.165) is 30.2 Å². The van der Waals surface area contributed by atoms with E-state index in [1.807, 2.05) is 0 Å². The minimum atomic E-state index is 0.795. The van der Waals surface area contributed by atoms with Gasteiger partial charge in [-0.05, 0) is 74.4 Å². The summed E-state index contributed by atoms with van der Waals surface area (Å²) in [6.45, 7) is 3.28. The van der Waals surface area contributed by atoms with Gasteiger partial charge in [0.15, 0.2) is 0 Å². The molecule has 0 saturated heterocycles. The lowest BCUT2D eigenvalue weighted by Gasteiger charge is -2.37. The van der Waals surface area contributed by atoms with Crippen LogP contribution in [0.25, 0.3) is 0 Å². The van der Waals surface area contributed by atoms with Gasteiger partial charge in [0.1, 0.15) is 0 Å². The molecule has 0 atom stereocenters. The van der Waals surface area contributed by atoms with Gasteiger partial charge in [-0.25, -0.2) is 4.99 Å². The highest BCUT2D eigenvalue weighted by atomic mass is 32.1. The van der Waals surface area contributed by atoms with Crippen LogP contribution in [-0.2, 0) is 0 Å². The maximum atomic E-state index is 4.65. The Balaban J connectivity index is 1.71. The van der Waals surface area contributed by atoms with E-state index in [9.17, 15) is 0 Å². The molecule has 0 N–H and O–H groups in total. The predicted octanol–water partition coefficient (Wildman–Crippen LogP) is 5.11. The lowest BCUT2D eigenvalue weighted by atomic mass is 9.69. The van der Waals surface area contributed by atoms with Crippen molar-refractivity contribution in [1.29, 1.82) is 0 Å². The highest BCUT2D eigenvalue weighted by Gasteiger charge is 2.30. The summed E-state index contributed by atoms with van der Waals surface area (Å²) in [7, 11) is 0. The van der Waals surface area contributed by atoms with E-state index in [-0.39, 0.29) is 0 Å². The molecular weight excluding hydrogens is 238 g/mol. The third-order valence-electron chi connectivity index (χ3n) is 5.44. The summed E-state index contributed by atoms with van der Waals surface area (Å²) in [4.78, 5) is 4.12. The van der Waals surface area contributed by atoms with E-state index in [0.29, 0.717) is 0 Å². The molecule has 2 aliphatic rings. The zero-order valence-electron chi connectivity index (χ0n) is 11.7. The molecule has 2 rings (SSSR count). The molecule has 0 aromatic heterocycles. The van der Waals surface area contributed by atoms with E-state index >= 15 is 0 Å². The van der Waals surface area contributed by atoms with Crippen LogP contribution < -0.4 is 0 Å². The molecule has 0 aliphatic heterocycles. The normalized spacial score (nSPS) is 36.9. The van der Waals surface area contributed by atoms with Crippen molar-refractivity contribution >= 4 is 17.4 Å². The van der Waals surface area contributed by atoms with Gasteiger partial charge in [-0.3, -0.25) is 0 Å². The molecule has 0 aromatic carbocycles. The van der Waals surface area contributed by atoms with Crippen molar-refractivity contribution in [3.63, 3.8) is 0 Å². The molecule has 2 fully saturated rings. The first-order chi connectivity index (χ1) is 8.83. The summed E-state index contributed by atoms with van der Waals surface area (Å²) >= 11 is 4.65. The molecule has 0 amide bonds. The average Bonchev–Trinajstić information content (AvgIpc) is 2.46. The molecule has 2 heteroatoms. The van der Waals surface area contributed by atoms with E-state index in [4.69, 9.17) is 0 Å². The van der Waals surface area contributed by atoms with Gasteiger partial charge in [0.25, 0.3) is 0 Å². The SMILES string of the molecule is CCC1CCC(C2CCC(CN=C=S)CC2)CC1. The number of hydrogen-bond acceptors (Lipinski definition) is 2. The number of hydrogen-bond donors (Lipinski definition) is 0. The minimum Gasteiger partial charge on any atom is -0.232 e. The zero-order chi connectivity index (χ0) is 12.8. The molecule has 0 bridgehead atoms. The Labute approximate surface area is 117 Å². The first kappa shape index (κ1) is 14.2. The molecule has 0 heterocycles. The maximum absolute atomic E-state index is 4.65. The van der Waals surface area contributed by atoms with Gasteiger partial charge in [0.05, 0.1) is 11.7 Å². The van der Waals surface area contributed by atoms with Crippen molar-refractivity contribution < 1.29 is 0 Å². The van der Waals surface area contributed by atoms with E-state index in [2.05, 4.69) is 29.3 Å². The Morgan fingerprint density at radius 1 is 0.889 bits per heavy atom. The van der Waals surface area contributed by atoms with Crippen molar-refractivity contribution in [3.8, 4) is 0 Å². The summed E-state index contributed by atoms with van der Waals surface area (Å²) in [6.07, 6.45) is 13.0. The molecule has 0 spiro atoms. The average molecular weight is 265 g/mol. The lowest BCUT2D eigenvalue weighted by molar-refractivity contribution is 0.147. The van der Waals surface area contributed by atoms with Gasteiger partial charge < -0.3 is 0 Å².